The number of nitrogens with zero attached hydrogens (tertiary/aromatic N) is 1. The Morgan fingerprint density at radius 3 is 2.55 bits per heavy atom. The topological polar surface area (TPSA) is 40.5 Å². The number of hydrogen-bond donors (Lipinski definition) is 1. The van der Waals surface area contributed by atoms with Crippen molar-refractivity contribution in [3.05, 3.63) is 63.9 Å². The molecular weight excluding hydrogens is 325 g/mol. The number of phenols is 1. The average Bonchev–Trinajstić information content (AvgIpc) is 2.43. The molecule has 0 bridgehead atoms. The van der Waals surface area contributed by atoms with Crippen LogP contribution < -0.4 is 0 Å². The number of rotatable bonds is 3. The summed E-state index contributed by atoms with van der Waals surface area (Å²) in [5.74, 6) is -0.785. The van der Waals surface area contributed by atoms with Crippen LogP contribution in [0.5, 0.6) is 5.75 Å². The van der Waals surface area contributed by atoms with E-state index in [1.807, 2.05) is 0 Å². The predicted octanol–water partition coefficient (Wildman–Crippen LogP) is 3.57. The highest BCUT2D eigenvalue weighted by Crippen LogP contribution is 2.20. The molecule has 3 nitrogen and oxygen atoms in total. The molecule has 104 valence electrons. The number of phenolic OH excluding ortho intramolecular Hbond substituents is 1. The van der Waals surface area contributed by atoms with Gasteiger partial charge in [-0.15, -0.1) is 0 Å². The second kappa shape index (κ2) is 6.05. The third-order valence-electron chi connectivity index (χ3n) is 2.88. The molecule has 0 aliphatic rings. The van der Waals surface area contributed by atoms with E-state index in [9.17, 15) is 14.3 Å². The van der Waals surface area contributed by atoms with Crippen molar-refractivity contribution in [1.29, 1.82) is 0 Å². The number of benzene rings is 2. The highest BCUT2D eigenvalue weighted by Gasteiger charge is 2.17. The van der Waals surface area contributed by atoms with Gasteiger partial charge in [-0.2, -0.15) is 0 Å². The molecule has 20 heavy (non-hydrogen) atoms. The molecule has 0 fully saturated rings. The largest absolute Gasteiger partial charge is 0.508 e. The third kappa shape index (κ3) is 3.17. The van der Waals surface area contributed by atoms with Gasteiger partial charge in [0.25, 0.3) is 5.91 Å². The van der Waals surface area contributed by atoms with Gasteiger partial charge in [-0.1, -0.05) is 18.2 Å². The quantitative estimate of drug-likeness (QED) is 0.930. The van der Waals surface area contributed by atoms with Gasteiger partial charge in [0, 0.05) is 13.6 Å². The number of halogens is 2. The molecule has 0 saturated heterocycles. The van der Waals surface area contributed by atoms with E-state index in [1.54, 1.807) is 43.4 Å². The van der Waals surface area contributed by atoms with Crippen molar-refractivity contribution in [2.45, 2.75) is 6.54 Å². The highest BCUT2D eigenvalue weighted by atomic mass is 79.9. The van der Waals surface area contributed by atoms with Crippen molar-refractivity contribution in [2.75, 3.05) is 7.05 Å². The van der Waals surface area contributed by atoms with E-state index in [-0.39, 0.29) is 15.8 Å². The van der Waals surface area contributed by atoms with Gasteiger partial charge in [0.05, 0.1) is 10.0 Å². The molecule has 0 aliphatic heterocycles. The second-order valence-electron chi connectivity index (χ2n) is 4.43. The zero-order valence-electron chi connectivity index (χ0n) is 10.8. The molecule has 0 aliphatic carbocycles. The standard InChI is InChI=1S/C15H13BrFNO2/c1-18(9-10-5-7-11(19)8-6-10)15(20)12-3-2-4-13(16)14(12)17/h2-8,19H,9H2,1H3. The summed E-state index contributed by atoms with van der Waals surface area (Å²) in [7, 11) is 1.61. The smallest absolute Gasteiger partial charge is 0.256 e. The van der Waals surface area contributed by atoms with Gasteiger partial charge in [0.2, 0.25) is 0 Å². The first-order valence-corrected chi connectivity index (χ1v) is 6.75. The van der Waals surface area contributed by atoms with Crippen molar-refractivity contribution in [3.63, 3.8) is 0 Å². The van der Waals surface area contributed by atoms with E-state index in [1.165, 1.54) is 11.0 Å². The lowest BCUT2D eigenvalue weighted by molar-refractivity contribution is 0.0780. The average molecular weight is 338 g/mol. The molecule has 2 aromatic carbocycles. The van der Waals surface area contributed by atoms with Crippen molar-refractivity contribution in [2.24, 2.45) is 0 Å². The maximum absolute atomic E-state index is 13.9. The van der Waals surface area contributed by atoms with E-state index in [2.05, 4.69) is 15.9 Å². The molecule has 0 aromatic heterocycles. The van der Waals surface area contributed by atoms with Crippen LogP contribution in [0.15, 0.2) is 46.9 Å². The normalized spacial score (nSPS) is 10.3. The zero-order valence-corrected chi connectivity index (χ0v) is 12.4. The maximum atomic E-state index is 13.9. The zero-order chi connectivity index (χ0) is 14.7. The predicted molar refractivity (Wildman–Crippen MR) is 78.0 cm³/mol. The number of amides is 1. The van der Waals surface area contributed by atoms with E-state index in [0.29, 0.717) is 6.54 Å². The lowest BCUT2D eigenvalue weighted by Crippen LogP contribution is -2.27. The molecule has 2 aromatic rings. The minimum Gasteiger partial charge on any atom is -0.508 e. The second-order valence-corrected chi connectivity index (χ2v) is 5.28. The van der Waals surface area contributed by atoms with Gasteiger partial charge < -0.3 is 10.0 Å². The fourth-order valence-corrected chi connectivity index (χ4v) is 2.19. The Kier molecular flexibility index (Phi) is 4.39. The molecule has 0 unspecified atom stereocenters. The molecule has 5 heteroatoms. The van der Waals surface area contributed by atoms with Crippen LogP contribution in [-0.4, -0.2) is 23.0 Å². The Balaban J connectivity index is 2.16. The number of carbonyl (C=O) groups excluding carboxylic acids is 1. The Labute approximate surface area is 124 Å². The van der Waals surface area contributed by atoms with Gasteiger partial charge >= 0.3 is 0 Å². The number of hydrogen-bond acceptors (Lipinski definition) is 2. The first-order valence-electron chi connectivity index (χ1n) is 5.96. The maximum Gasteiger partial charge on any atom is 0.256 e. The summed E-state index contributed by atoms with van der Waals surface area (Å²) in [6.07, 6.45) is 0. The van der Waals surface area contributed by atoms with Crippen molar-refractivity contribution in [1.82, 2.24) is 4.90 Å². The fourth-order valence-electron chi connectivity index (χ4n) is 1.82. The van der Waals surface area contributed by atoms with Crippen molar-refractivity contribution >= 4 is 21.8 Å². The Morgan fingerprint density at radius 2 is 1.90 bits per heavy atom. The van der Waals surface area contributed by atoms with Gasteiger partial charge in [-0.05, 0) is 45.8 Å². The van der Waals surface area contributed by atoms with Crippen LogP contribution in [0, 0.1) is 5.82 Å². The molecule has 0 radical (unpaired) electrons. The monoisotopic (exact) mass is 337 g/mol. The summed E-state index contributed by atoms with van der Waals surface area (Å²) >= 11 is 3.06. The Morgan fingerprint density at radius 1 is 1.25 bits per heavy atom. The van der Waals surface area contributed by atoms with Crippen molar-refractivity contribution in [3.8, 4) is 5.75 Å². The summed E-state index contributed by atoms with van der Waals surface area (Å²) in [4.78, 5) is 13.6. The van der Waals surface area contributed by atoms with Gasteiger partial charge in [0.1, 0.15) is 11.6 Å². The summed E-state index contributed by atoms with van der Waals surface area (Å²) in [5.41, 5.74) is 0.884. The van der Waals surface area contributed by atoms with Crippen LogP contribution in [0.3, 0.4) is 0 Å². The first-order chi connectivity index (χ1) is 9.49. The van der Waals surface area contributed by atoms with E-state index in [4.69, 9.17) is 0 Å². The van der Waals surface area contributed by atoms with Crippen LogP contribution in [0.2, 0.25) is 0 Å². The summed E-state index contributed by atoms with van der Waals surface area (Å²) in [5, 5.41) is 9.21. The van der Waals surface area contributed by atoms with E-state index >= 15 is 0 Å². The molecule has 0 saturated carbocycles. The van der Waals surface area contributed by atoms with E-state index in [0.717, 1.165) is 5.56 Å². The third-order valence-corrected chi connectivity index (χ3v) is 3.50. The Bertz CT molecular complexity index is 628. The molecular formula is C15H13BrFNO2. The minimum absolute atomic E-state index is 0.0284. The molecule has 0 heterocycles. The van der Waals surface area contributed by atoms with Gasteiger partial charge in [-0.3, -0.25) is 4.79 Å². The number of aromatic hydroxyl groups is 1. The van der Waals surface area contributed by atoms with Gasteiger partial charge in [-0.25, -0.2) is 4.39 Å². The molecule has 2 rings (SSSR count). The fraction of sp³-hybridized carbons (Fsp3) is 0.133. The Hall–Kier alpha value is -1.88. The molecule has 0 atom stereocenters. The highest BCUT2D eigenvalue weighted by molar-refractivity contribution is 9.10. The molecule has 0 spiro atoms. The molecule has 1 amide bonds. The number of carbonyl (C=O) groups is 1. The van der Waals surface area contributed by atoms with E-state index < -0.39 is 11.7 Å². The van der Waals surface area contributed by atoms with Crippen LogP contribution in [0.25, 0.3) is 0 Å². The van der Waals surface area contributed by atoms with Crippen LogP contribution in [-0.2, 0) is 6.54 Å². The lowest BCUT2D eigenvalue weighted by Gasteiger charge is -2.18. The minimum atomic E-state index is -0.560. The molecule has 1 N–H and O–H groups in total. The first kappa shape index (κ1) is 14.5. The summed E-state index contributed by atoms with van der Waals surface area (Å²) < 4.78 is 14.1. The van der Waals surface area contributed by atoms with Gasteiger partial charge in [0.15, 0.2) is 0 Å². The van der Waals surface area contributed by atoms with Crippen LogP contribution >= 0.6 is 15.9 Å². The van der Waals surface area contributed by atoms with Crippen LogP contribution in [0.1, 0.15) is 15.9 Å². The summed E-state index contributed by atoms with van der Waals surface area (Å²) in [6, 6.07) is 11.2. The summed E-state index contributed by atoms with van der Waals surface area (Å²) in [6.45, 7) is 0.338. The van der Waals surface area contributed by atoms with Crippen LogP contribution in [0.4, 0.5) is 4.39 Å². The SMILES string of the molecule is CN(Cc1ccc(O)cc1)C(=O)c1cccc(Br)c1F. The lowest BCUT2D eigenvalue weighted by atomic mass is 10.1. The van der Waals surface area contributed by atoms with Crippen molar-refractivity contribution < 1.29 is 14.3 Å².